The summed E-state index contributed by atoms with van der Waals surface area (Å²) in [5, 5.41) is 15.2. The van der Waals surface area contributed by atoms with Crippen LogP contribution in [0.15, 0.2) is 29.2 Å². The maximum Gasteiger partial charge on any atom is 0.315 e. The number of hydrogen-bond acceptors (Lipinski definition) is 3. The zero-order chi connectivity index (χ0) is 15.1. The number of aliphatic hydroxyl groups excluding tert-OH is 1. The van der Waals surface area contributed by atoms with E-state index in [1.807, 2.05) is 18.4 Å². The Morgan fingerprint density at radius 1 is 1.29 bits per heavy atom. The molecule has 116 valence electrons. The van der Waals surface area contributed by atoms with Crippen LogP contribution in [0.2, 0.25) is 0 Å². The zero-order valence-electron chi connectivity index (χ0n) is 12.5. The van der Waals surface area contributed by atoms with Crippen LogP contribution in [0.1, 0.15) is 31.2 Å². The van der Waals surface area contributed by atoms with Crippen LogP contribution in [0.3, 0.4) is 0 Å². The SMILES string of the molecule is CSc1ccc(CNC(=O)NC2CCCCC2CO)cc1. The van der Waals surface area contributed by atoms with E-state index in [-0.39, 0.29) is 24.6 Å². The number of nitrogens with one attached hydrogen (secondary N) is 2. The number of urea groups is 1. The highest BCUT2D eigenvalue weighted by molar-refractivity contribution is 7.98. The predicted octanol–water partition coefficient (Wildman–Crippen LogP) is 2.76. The molecule has 21 heavy (non-hydrogen) atoms. The summed E-state index contributed by atoms with van der Waals surface area (Å²) in [6.07, 6.45) is 6.27. The summed E-state index contributed by atoms with van der Waals surface area (Å²) >= 11 is 1.70. The largest absolute Gasteiger partial charge is 0.396 e. The molecule has 0 heterocycles. The van der Waals surface area contributed by atoms with Crippen molar-refractivity contribution >= 4 is 17.8 Å². The van der Waals surface area contributed by atoms with Crippen LogP contribution in [-0.4, -0.2) is 30.0 Å². The third kappa shape index (κ3) is 4.93. The van der Waals surface area contributed by atoms with Gasteiger partial charge < -0.3 is 15.7 Å². The molecular formula is C16H24N2O2S. The van der Waals surface area contributed by atoms with E-state index < -0.39 is 0 Å². The molecule has 2 atom stereocenters. The lowest BCUT2D eigenvalue weighted by atomic mass is 9.85. The maximum atomic E-state index is 12.0. The minimum atomic E-state index is -0.144. The topological polar surface area (TPSA) is 61.4 Å². The van der Waals surface area contributed by atoms with Crippen LogP contribution >= 0.6 is 11.8 Å². The van der Waals surface area contributed by atoms with Crippen molar-refractivity contribution in [3.8, 4) is 0 Å². The number of carbonyl (C=O) groups excluding carboxylic acids is 1. The van der Waals surface area contributed by atoms with Crippen molar-refractivity contribution in [2.75, 3.05) is 12.9 Å². The van der Waals surface area contributed by atoms with Crippen LogP contribution in [0.5, 0.6) is 0 Å². The number of benzene rings is 1. The number of thioether (sulfide) groups is 1. The molecule has 2 amide bonds. The normalized spacial score (nSPS) is 21.8. The zero-order valence-corrected chi connectivity index (χ0v) is 13.3. The minimum Gasteiger partial charge on any atom is -0.396 e. The van der Waals surface area contributed by atoms with E-state index in [0.29, 0.717) is 6.54 Å². The van der Waals surface area contributed by atoms with Gasteiger partial charge in [0, 0.05) is 30.0 Å². The van der Waals surface area contributed by atoms with Gasteiger partial charge in [-0.05, 0) is 36.8 Å². The lowest BCUT2D eigenvalue weighted by Crippen LogP contribution is -2.47. The highest BCUT2D eigenvalue weighted by Crippen LogP contribution is 2.23. The Hall–Kier alpha value is -1.20. The van der Waals surface area contributed by atoms with Gasteiger partial charge >= 0.3 is 6.03 Å². The van der Waals surface area contributed by atoms with Crippen LogP contribution in [-0.2, 0) is 6.54 Å². The number of amides is 2. The lowest BCUT2D eigenvalue weighted by Gasteiger charge is -2.30. The first-order valence-electron chi connectivity index (χ1n) is 7.51. The summed E-state index contributed by atoms with van der Waals surface area (Å²) in [7, 11) is 0. The summed E-state index contributed by atoms with van der Waals surface area (Å²) in [5.41, 5.74) is 1.09. The highest BCUT2D eigenvalue weighted by Gasteiger charge is 2.25. The van der Waals surface area contributed by atoms with Crippen molar-refractivity contribution in [1.29, 1.82) is 0 Å². The summed E-state index contributed by atoms with van der Waals surface area (Å²) < 4.78 is 0. The summed E-state index contributed by atoms with van der Waals surface area (Å²) in [5.74, 6) is 0.199. The summed E-state index contributed by atoms with van der Waals surface area (Å²) in [6.45, 7) is 0.679. The van der Waals surface area contributed by atoms with Crippen LogP contribution < -0.4 is 10.6 Å². The van der Waals surface area contributed by atoms with E-state index in [1.54, 1.807) is 11.8 Å². The molecule has 3 N–H and O–H groups in total. The van der Waals surface area contributed by atoms with Gasteiger partial charge in [0.05, 0.1) is 0 Å². The van der Waals surface area contributed by atoms with E-state index in [9.17, 15) is 9.90 Å². The molecule has 1 aromatic rings. The molecule has 0 saturated heterocycles. The van der Waals surface area contributed by atoms with Crippen molar-refractivity contribution in [2.24, 2.45) is 5.92 Å². The third-order valence-electron chi connectivity index (χ3n) is 4.07. The van der Waals surface area contributed by atoms with Gasteiger partial charge in [0.25, 0.3) is 0 Å². The van der Waals surface area contributed by atoms with Crippen LogP contribution in [0.4, 0.5) is 4.79 Å². The molecule has 0 bridgehead atoms. The maximum absolute atomic E-state index is 12.0. The summed E-state index contributed by atoms with van der Waals surface area (Å²) in [6, 6.07) is 8.13. The van der Waals surface area contributed by atoms with Crippen LogP contribution in [0, 0.1) is 5.92 Å². The fraction of sp³-hybridized carbons (Fsp3) is 0.562. The molecule has 5 heteroatoms. The van der Waals surface area contributed by atoms with E-state index >= 15 is 0 Å². The van der Waals surface area contributed by atoms with Crippen LogP contribution in [0.25, 0.3) is 0 Å². The molecule has 1 saturated carbocycles. The average molecular weight is 308 g/mol. The van der Waals surface area contributed by atoms with Gasteiger partial charge in [-0.3, -0.25) is 0 Å². The van der Waals surface area contributed by atoms with Gasteiger partial charge in [-0.25, -0.2) is 4.79 Å². The molecule has 0 aromatic heterocycles. The number of carbonyl (C=O) groups is 1. The van der Waals surface area contributed by atoms with Crippen molar-refractivity contribution in [3.63, 3.8) is 0 Å². The third-order valence-corrected chi connectivity index (χ3v) is 4.82. The van der Waals surface area contributed by atoms with Crippen molar-refractivity contribution in [2.45, 2.75) is 43.2 Å². The molecular weight excluding hydrogens is 284 g/mol. The van der Waals surface area contributed by atoms with E-state index in [0.717, 1.165) is 31.2 Å². The molecule has 2 rings (SSSR count). The van der Waals surface area contributed by atoms with Gasteiger partial charge in [0.2, 0.25) is 0 Å². The Bertz CT molecular complexity index is 450. The molecule has 2 unspecified atom stereocenters. The number of hydrogen-bond donors (Lipinski definition) is 3. The Morgan fingerprint density at radius 2 is 2.00 bits per heavy atom. The average Bonchev–Trinajstić information content (AvgIpc) is 2.54. The molecule has 0 spiro atoms. The fourth-order valence-electron chi connectivity index (χ4n) is 2.76. The second-order valence-electron chi connectivity index (χ2n) is 5.51. The molecule has 1 aliphatic rings. The minimum absolute atomic E-state index is 0.0996. The van der Waals surface area contributed by atoms with E-state index in [2.05, 4.69) is 22.8 Å². The van der Waals surface area contributed by atoms with Crippen molar-refractivity contribution in [3.05, 3.63) is 29.8 Å². The molecule has 4 nitrogen and oxygen atoms in total. The smallest absolute Gasteiger partial charge is 0.315 e. The van der Waals surface area contributed by atoms with E-state index in [4.69, 9.17) is 0 Å². The Morgan fingerprint density at radius 3 is 2.67 bits per heavy atom. The second kappa shape index (κ2) is 8.29. The van der Waals surface area contributed by atoms with Gasteiger partial charge in [-0.2, -0.15) is 0 Å². The number of rotatable bonds is 5. The van der Waals surface area contributed by atoms with Crippen molar-refractivity contribution in [1.82, 2.24) is 10.6 Å². The summed E-state index contributed by atoms with van der Waals surface area (Å²) in [4.78, 5) is 13.2. The van der Waals surface area contributed by atoms with Gasteiger partial charge in [0.1, 0.15) is 0 Å². The molecule has 1 aromatic carbocycles. The lowest BCUT2D eigenvalue weighted by molar-refractivity contribution is 0.153. The number of aliphatic hydroxyl groups is 1. The van der Waals surface area contributed by atoms with E-state index in [1.165, 1.54) is 4.90 Å². The fourth-order valence-corrected chi connectivity index (χ4v) is 3.17. The molecule has 0 radical (unpaired) electrons. The van der Waals surface area contributed by atoms with Gasteiger partial charge in [0.15, 0.2) is 0 Å². The molecule has 1 fully saturated rings. The van der Waals surface area contributed by atoms with Crippen molar-refractivity contribution < 1.29 is 9.90 Å². The highest BCUT2D eigenvalue weighted by atomic mass is 32.2. The predicted molar refractivity (Wildman–Crippen MR) is 86.4 cm³/mol. The molecule has 0 aliphatic heterocycles. The second-order valence-corrected chi connectivity index (χ2v) is 6.39. The Kier molecular flexibility index (Phi) is 6.39. The first-order valence-corrected chi connectivity index (χ1v) is 8.73. The first kappa shape index (κ1) is 16.2. The van der Waals surface area contributed by atoms with Gasteiger partial charge in [-0.15, -0.1) is 11.8 Å². The Labute approximate surface area is 130 Å². The quantitative estimate of drug-likeness (QED) is 0.733. The Balaban J connectivity index is 1.78. The molecule has 1 aliphatic carbocycles. The first-order chi connectivity index (χ1) is 10.2. The van der Waals surface area contributed by atoms with Gasteiger partial charge in [-0.1, -0.05) is 25.0 Å². The standard InChI is InChI=1S/C16H24N2O2S/c1-21-14-8-6-12(7-9-14)10-17-16(20)18-15-5-3-2-4-13(15)11-19/h6-9,13,15,19H,2-5,10-11H2,1H3,(H2,17,18,20). The monoisotopic (exact) mass is 308 g/mol.